The third-order valence-corrected chi connectivity index (χ3v) is 16.3. The van der Waals surface area contributed by atoms with Crippen LogP contribution < -0.4 is 11.1 Å². The average molecular weight is 1640 g/mol. The molecule has 1 radical (unpaired) electrons. The van der Waals surface area contributed by atoms with Crippen molar-refractivity contribution in [3.63, 3.8) is 0 Å². The van der Waals surface area contributed by atoms with E-state index >= 15 is 0 Å². The number of carbonyl (C=O) groups excluding carboxylic acids is 3. The first-order valence-electron chi connectivity index (χ1n) is 32.6. The summed E-state index contributed by atoms with van der Waals surface area (Å²) in [4.78, 5) is 64.0. The third kappa shape index (κ3) is 25.6. The van der Waals surface area contributed by atoms with Crippen LogP contribution in [0.3, 0.4) is 0 Å². The molecule has 0 spiro atoms. The number of ether oxygens (including phenoxy) is 2. The number of nitrogens with one attached hydrogen (secondary N) is 1. The summed E-state index contributed by atoms with van der Waals surface area (Å²) < 4.78 is 50.8. The molecule has 104 heavy (non-hydrogen) atoms. The Labute approximate surface area is 635 Å². The van der Waals surface area contributed by atoms with Crippen LogP contribution in [0.2, 0.25) is 10.0 Å². The number of hydrogen-bond acceptors (Lipinski definition) is 17. The number of carboxylic acid groups (broad SMARTS) is 2. The zero-order valence-electron chi connectivity index (χ0n) is 59.9. The molecule has 7 aromatic heterocycles. The van der Waals surface area contributed by atoms with E-state index in [1.165, 1.54) is 47.2 Å². The topological polar surface area (TPSA) is 329 Å². The quantitative estimate of drug-likeness (QED) is 0.0706. The number of aryl methyl sites for hydroxylation is 3. The number of allylic oxidation sites excluding steroid dienone is 1. The largest absolute Gasteiger partial charge is 0.481 e. The Morgan fingerprint density at radius 2 is 0.971 bits per heavy atom. The fourth-order valence-electron chi connectivity index (χ4n) is 10.1. The maximum Gasteiger partial charge on any atom is 0.410 e. The van der Waals surface area contributed by atoms with E-state index in [0.717, 1.165) is 95.4 Å². The number of nitrogen functional groups attached to an aromatic ring is 1. The molecular formula is C69H87Cl2CuF2IN20O9. The van der Waals surface area contributed by atoms with Gasteiger partial charge in [-0.25, -0.2) is 32.4 Å². The fraction of sp³-hybridized carbons (Fsp3) is 0.406. The Morgan fingerprint density at radius 1 is 0.567 bits per heavy atom. The van der Waals surface area contributed by atoms with Gasteiger partial charge in [0, 0.05) is 94.1 Å². The molecule has 9 aromatic rings. The van der Waals surface area contributed by atoms with Crippen LogP contribution in [0.5, 0.6) is 0 Å². The summed E-state index contributed by atoms with van der Waals surface area (Å²) in [5.41, 5.74) is 17.2. The van der Waals surface area contributed by atoms with Gasteiger partial charge in [-0.05, 0) is 150 Å². The number of amides is 3. The number of nitrogens with zero attached hydrogens (tertiary/aromatic N) is 18. The van der Waals surface area contributed by atoms with Crippen molar-refractivity contribution in [1.29, 1.82) is 0 Å². The molecule has 12 heterocycles. The van der Waals surface area contributed by atoms with E-state index in [4.69, 9.17) is 58.2 Å². The summed E-state index contributed by atoms with van der Waals surface area (Å²) in [6.45, 7) is 30.5. The molecule has 563 valence electrons. The molecule has 0 saturated heterocycles. The maximum atomic E-state index is 13.3. The number of halogens is 5. The van der Waals surface area contributed by atoms with Crippen molar-refractivity contribution in [3.8, 4) is 17.1 Å². The SMILES string of the molecule is CC(=O)O.CC(=O)O.CC(C)(C)OC(=O)N1CCn2ncc(I)c2C1.CC1=CCN=C1.Cc1cnn(-c2cnn3c2CN(C(=O)Cc2ccc(F)c(Cl)c2)CC3)c1.Cc1cnn(-c2cnn3c2CN(C(=O)OC(C)(C)C)CC3)c1.Cc1cnn(-c2cnn3c2CNCC3)c1.Nc1ccc(F)c(Cl)c1.[Cu]. The predicted molar refractivity (Wildman–Crippen MR) is 392 cm³/mol. The number of fused-ring (bicyclic) bond motifs is 4. The number of anilines is 1. The Hall–Kier alpha value is -9.28. The summed E-state index contributed by atoms with van der Waals surface area (Å²) in [5.74, 6) is -2.61. The normalized spacial score (nSPS) is 13.7. The van der Waals surface area contributed by atoms with Crippen molar-refractivity contribution in [1.82, 2.24) is 88.5 Å². The number of aliphatic imine (C=N–C) groups is 1. The molecule has 5 aliphatic rings. The summed E-state index contributed by atoms with van der Waals surface area (Å²) in [7, 11) is 0. The molecule has 0 fully saturated rings. The van der Waals surface area contributed by atoms with Crippen molar-refractivity contribution in [2.75, 3.05) is 38.5 Å². The second kappa shape index (κ2) is 38.5. The van der Waals surface area contributed by atoms with Crippen molar-refractivity contribution < 1.29 is 69.5 Å². The van der Waals surface area contributed by atoms with Crippen LogP contribution in [0.25, 0.3) is 17.1 Å². The second-order valence-electron chi connectivity index (χ2n) is 26.0. The van der Waals surface area contributed by atoms with E-state index in [1.54, 1.807) is 54.9 Å². The van der Waals surface area contributed by atoms with E-state index in [-0.39, 0.29) is 51.6 Å². The van der Waals surface area contributed by atoms with Crippen LogP contribution in [0, 0.1) is 36.0 Å². The van der Waals surface area contributed by atoms with Gasteiger partial charge in [0.1, 0.15) is 39.9 Å². The zero-order valence-corrected chi connectivity index (χ0v) is 64.5. The van der Waals surface area contributed by atoms with Gasteiger partial charge < -0.3 is 45.4 Å². The summed E-state index contributed by atoms with van der Waals surface area (Å²) in [6, 6.07) is 8.44. The van der Waals surface area contributed by atoms with Crippen molar-refractivity contribution in [2.45, 2.75) is 153 Å². The third-order valence-electron chi connectivity index (χ3n) is 14.9. The van der Waals surface area contributed by atoms with Crippen LogP contribution in [0.1, 0.15) is 107 Å². The van der Waals surface area contributed by atoms with Crippen molar-refractivity contribution in [2.24, 2.45) is 4.99 Å². The maximum absolute atomic E-state index is 13.3. The molecule has 5 aliphatic heterocycles. The van der Waals surface area contributed by atoms with Gasteiger partial charge in [0.15, 0.2) is 0 Å². The van der Waals surface area contributed by atoms with E-state index in [1.807, 2.05) is 129 Å². The molecule has 0 bridgehead atoms. The van der Waals surface area contributed by atoms with E-state index in [0.29, 0.717) is 63.6 Å². The van der Waals surface area contributed by atoms with Gasteiger partial charge in [0.2, 0.25) is 5.91 Å². The first-order chi connectivity index (χ1) is 48.6. The standard InChI is InChI=1S/C18H17ClFN5O.C15H21N5O2.C11H16IN3O2.C10H13N5.C6H5ClFN.C5H7N.2C2H4O2.Cu/c1-12-8-21-25(10-12)16-9-22-24-5-4-23(11-17(16)24)18(26)7-13-2-3-15(20)14(19)6-13;1-11-7-16-20(9-11)12-8-17-19-6-5-18(10-13(12)19)14(21)22-15(2,3)4;1-11(2,3)17-10(16)14-4-5-15-9(7-14)8(12)6-13-15;1-8-4-12-15(7-8)10-6-13-14-3-2-11-5-9(10)14;7-5-3-4(9)1-2-6(5)8;1-5-2-3-6-4-5;2*1-2(3)4;/h2-3,6,8-10H,4-5,7,11H2,1H3;7-9H,5-6,10H2,1-4H3;6H,4-5,7H2,1-3H3;4,6-7,11H,2-3,5H2,1H3;1-3H,9H2;2,4H,3H2,1H3;2*1H3,(H,3,4);. The molecule has 29 nitrogen and oxygen atoms in total. The molecule has 0 saturated carbocycles. The minimum Gasteiger partial charge on any atom is -0.481 e. The molecule has 0 aliphatic carbocycles. The van der Waals surface area contributed by atoms with E-state index < -0.39 is 34.8 Å². The predicted octanol–water partition coefficient (Wildman–Crippen LogP) is 10.9. The molecule has 35 heteroatoms. The number of rotatable bonds is 5. The minimum absolute atomic E-state index is 0. The molecule has 0 unspecified atom stereocenters. The number of hydrogen-bond donors (Lipinski definition) is 4. The van der Waals surface area contributed by atoms with Crippen LogP contribution in [0.15, 0.2) is 115 Å². The van der Waals surface area contributed by atoms with Gasteiger partial charge in [-0.1, -0.05) is 35.3 Å². The monoisotopic (exact) mass is 1640 g/mol. The summed E-state index contributed by atoms with van der Waals surface area (Å²) in [5, 5.41) is 48.6. The molecule has 0 atom stereocenters. The number of nitrogens with two attached hydrogens (primary N) is 1. The molecule has 2 aromatic carbocycles. The fourth-order valence-corrected chi connectivity index (χ4v) is 11.1. The Balaban J connectivity index is 0.000000199. The number of aliphatic carboxylic acids is 2. The van der Waals surface area contributed by atoms with E-state index in [9.17, 15) is 23.2 Å². The summed E-state index contributed by atoms with van der Waals surface area (Å²) >= 11 is 13.4. The Bertz CT molecular complexity index is 4430. The van der Waals surface area contributed by atoms with E-state index in [2.05, 4.69) is 81.6 Å². The van der Waals surface area contributed by atoms with Gasteiger partial charge >= 0.3 is 12.2 Å². The Morgan fingerprint density at radius 3 is 1.37 bits per heavy atom. The molecular weight excluding hydrogens is 1550 g/mol. The van der Waals surface area contributed by atoms with Gasteiger partial charge in [-0.2, -0.15) is 35.7 Å². The number of benzene rings is 2. The van der Waals surface area contributed by atoms with Crippen molar-refractivity contribution in [3.05, 3.63) is 180 Å². The number of carbonyl (C=O) groups is 5. The smallest absolute Gasteiger partial charge is 0.410 e. The molecule has 14 rings (SSSR count). The first-order valence-corrected chi connectivity index (χ1v) is 34.5. The Kier molecular flexibility index (Phi) is 30.9. The van der Waals surface area contributed by atoms with Crippen LogP contribution in [-0.2, 0) is 99.7 Å². The minimum atomic E-state index is -0.833. The molecule has 3 amide bonds. The van der Waals surface area contributed by atoms with Crippen LogP contribution in [0.4, 0.5) is 24.1 Å². The van der Waals surface area contributed by atoms with Gasteiger partial charge in [-0.3, -0.25) is 38.1 Å². The van der Waals surface area contributed by atoms with Gasteiger partial charge in [0.05, 0.1) is 139 Å². The van der Waals surface area contributed by atoms with Crippen molar-refractivity contribution >= 4 is 87.7 Å². The van der Waals surface area contributed by atoms with Gasteiger partial charge in [-0.15, -0.1) is 0 Å². The average Bonchev–Trinajstić information content (AvgIpc) is 1.64. The first kappa shape index (κ1) is 83.7. The second-order valence-corrected chi connectivity index (χ2v) is 28.0. The number of carboxylic acids is 2. The zero-order chi connectivity index (χ0) is 75.5. The molecule has 5 N–H and O–H groups in total. The van der Waals surface area contributed by atoms with Crippen LogP contribution in [-0.4, -0.2) is 174 Å². The van der Waals surface area contributed by atoms with Crippen LogP contribution >= 0.6 is 45.8 Å². The van der Waals surface area contributed by atoms with Gasteiger partial charge in [0.25, 0.3) is 11.9 Å². The summed E-state index contributed by atoms with van der Waals surface area (Å²) in [6.07, 6.45) is 22.3. The number of aromatic nitrogens is 14.